The van der Waals surface area contributed by atoms with Gasteiger partial charge >= 0.3 is 0 Å². The third kappa shape index (κ3) is 5.42. The van der Waals surface area contributed by atoms with Gasteiger partial charge in [0.1, 0.15) is 17.2 Å². The molecule has 1 heterocycles. The highest BCUT2D eigenvalue weighted by Crippen LogP contribution is 2.20. The number of carbonyl (C=O) groups is 2. The maximum Gasteiger partial charge on any atom is 0.275 e. The number of carbonyl (C=O) groups excluding carboxylic acids is 2. The number of hydrogen-bond acceptors (Lipinski definition) is 5. The van der Waals surface area contributed by atoms with E-state index < -0.39 is 0 Å². The molecule has 1 aromatic heterocycles. The van der Waals surface area contributed by atoms with Gasteiger partial charge in [-0.3, -0.25) is 9.59 Å². The van der Waals surface area contributed by atoms with Crippen molar-refractivity contribution in [1.29, 1.82) is 0 Å². The van der Waals surface area contributed by atoms with Crippen molar-refractivity contribution in [3.8, 4) is 11.5 Å². The fourth-order valence-electron chi connectivity index (χ4n) is 3.37. The van der Waals surface area contributed by atoms with Crippen LogP contribution < -0.4 is 20.1 Å². The van der Waals surface area contributed by atoms with Crippen LogP contribution in [0.5, 0.6) is 11.5 Å². The summed E-state index contributed by atoms with van der Waals surface area (Å²) < 4.78 is 12.2. The van der Waals surface area contributed by atoms with E-state index in [0.29, 0.717) is 40.7 Å². The molecular formula is C26H24N4O4. The summed E-state index contributed by atoms with van der Waals surface area (Å²) >= 11 is 0. The van der Waals surface area contributed by atoms with E-state index in [1.165, 1.54) is 7.11 Å². The number of ether oxygens (including phenoxy) is 2. The van der Waals surface area contributed by atoms with Crippen molar-refractivity contribution < 1.29 is 19.1 Å². The lowest BCUT2D eigenvalue weighted by molar-refractivity contribution is 0.101. The van der Waals surface area contributed by atoms with Crippen LogP contribution in [-0.2, 0) is 6.54 Å². The number of nitrogens with zero attached hydrogens (tertiary/aromatic N) is 2. The van der Waals surface area contributed by atoms with Gasteiger partial charge in [0.2, 0.25) is 0 Å². The zero-order valence-electron chi connectivity index (χ0n) is 18.8. The van der Waals surface area contributed by atoms with E-state index in [-0.39, 0.29) is 11.8 Å². The summed E-state index contributed by atoms with van der Waals surface area (Å²) in [6.07, 6.45) is 3.30. The molecule has 0 fully saturated rings. The van der Waals surface area contributed by atoms with Crippen LogP contribution >= 0.6 is 0 Å². The summed E-state index contributed by atoms with van der Waals surface area (Å²) in [6.45, 7) is 0.531. The topological polar surface area (TPSA) is 94.5 Å². The summed E-state index contributed by atoms with van der Waals surface area (Å²) in [7, 11) is 3.12. The Balaban J connectivity index is 1.35. The molecule has 0 aliphatic carbocycles. The van der Waals surface area contributed by atoms with E-state index in [0.717, 1.165) is 5.56 Å². The Kier molecular flexibility index (Phi) is 6.88. The van der Waals surface area contributed by atoms with Gasteiger partial charge < -0.3 is 24.7 Å². The first-order valence-electron chi connectivity index (χ1n) is 10.6. The Morgan fingerprint density at radius 1 is 0.824 bits per heavy atom. The molecule has 0 bridgehead atoms. The first-order chi connectivity index (χ1) is 16.6. The number of benzene rings is 3. The van der Waals surface area contributed by atoms with Crippen LogP contribution in [-0.4, -0.2) is 35.6 Å². The highest BCUT2D eigenvalue weighted by atomic mass is 16.5. The Labute approximate surface area is 197 Å². The number of para-hydroxylation sites is 1. The van der Waals surface area contributed by atoms with Crippen LogP contribution in [0.15, 0.2) is 85.3 Å². The summed E-state index contributed by atoms with van der Waals surface area (Å²) in [5, 5.41) is 5.69. The number of rotatable bonds is 8. The number of hydrogen-bond donors (Lipinski definition) is 2. The SMILES string of the molecule is COc1ccc(NC(=O)c2cn(Cc3ccc(NC(=O)c4ccccc4OC)cc3)cn2)cc1. The van der Waals surface area contributed by atoms with Crippen molar-refractivity contribution >= 4 is 23.2 Å². The third-order valence-corrected chi connectivity index (χ3v) is 5.14. The molecule has 0 unspecified atom stereocenters. The summed E-state index contributed by atoms with van der Waals surface area (Å²) in [6, 6.07) is 21.6. The molecule has 34 heavy (non-hydrogen) atoms. The molecule has 0 radical (unpaired) electrons. The molecule has 8 nitrogen and oxygen atoms in total. The molecule has 4 aromatic rings. The van der Waals surface area contributed by atoms with Gasteiger partial charge in [-0.15, -0.1) is 0 Å². The van der Waals surface area contributed by atoms with E-state index in [1.807, 2.05) is 34.9 Å². The third-order valence-electron chi connectivity index (χ3n) is 5.14. The normalized spacial score (nSPS) is 10.4. The van der Waals surface area contributed by atoms with Crippen LogP contribution in [0.2, 0.25) is 0 Å². The summed E-state index contributed by atoms with van der Waals surface area (Å²) in [5.74, 6) is 0.696. The number of amides is 2. The average Bonchev–Trinajstić information content (AvgIpc) is 3.34. The monoisotopic (exact) mass is 456 g/mol. The molecular weight excluding hydrogens is 432 g/mol. The first-order valence-corrected chi connectivity index (χ1v) is 10.6. The molecule has 172 valence electrons. The summed E-state index contributed by atoms with van der Waals surface area (Å²) in [5.41, 5.74) is 3.11. The molecule has 4 rings (SSSR count). The van der Waals surface area contributed by atoms with Crippen molar-refractivity contribution in [1.82, 2.24) is 9.55 Å². The molecule has 2 amide bonds. The maximum absolute atomic E-state index is 12.6. The second-order valence-corrected chi connectivity index (χ2v) is 7.47. The summed E-state index contributed by atoms with van der Waals surface area (Å²) in [4.78, 5) is 29.2. The van der Waals surface area contributed by atoms with Gasteiger partial charge in [-0.2, -0.15) is 0 Å². The number of aromatic nitrogens is 2. The largest absolute Gasteiger partial charge is 0.497 e. The zero-order chi connectivity index (χ0) is 23.9. The van der Waals surface area contributed by atoms with Crippen molar-refractivity contribution in [2.24, 2.45) is 0 Å². The van der Waals surface area contributed by atoms with Crippen molar-refractivity contribution in [3.63, 3.8) is 0 Å². The van der Waals surface area contributed by atoms with Crippen LogP contribution in [0.1, 0.15) is 26.4 Å². The van der Waals surface area contributed by atoms with Gasteiger partial charge in [0, 0.05) is 24.1 Å². The minimum absolute atomic E-state index is 0.243. The Morgan fingerprint density at radius 3 is 2.15 bits per heavy atom. The molecule has 0 spiro atoms. The second-order valence-electron chi connectivity index (χ2n) is 7.47. The molecule has 3 aromatic carbocycles. The molecule has 8 heteroatoms. The van der Waals surface area contributed by atoms with Crippen molar-refractivity contribution in [2.45, 2.75) is 6.54 Å². The molecule has 0 saturated carbocycles. The first kappa shape index (κ1) is 22.6. The van der Waals surface area contributed by atoms with E-state index in [2.05, 4.69) is 15.6 Å². The lowest BCUT2D eigenvalue weighted by Crippen LogP contribution is -2.13. The minimum Gasteiger partial charge on any atom is -0.497 e. The lowest BCUT2D eigenvalue weighted by Gasteiger charge is -2.10. The number of methoxy groups -OCH3 is 2. The average molecular weight is 457 g/mol. The van der Waals surface area contributed by atoms with E-state index in [4.69, 9.17) is 9.47 Å². The molecule has 0 saturated heterocycles. The van der Waals surface area contributed by atoms with Crippen LogP contribution in [0.25, 0.3) is 0 Å². The van der Waals surface area contributed by atoms with Crippen LogP contribution in [0.4, 0.5) is 11.4 Å². The molecule has 0 aliphatic heterocycles. The highest BCUT2D eigenvalue weighted by molar-refractivity contribution is 6.06. The quantitative estimate of drug-likeness (QED) is 0.408. The van der Waals surface area contributed by atoms with Gasteiger partial charge in [0.05, 0.1) is 26.1 Å². The Morgan fingerprint density at radius 2 is 1.47 bits per heavy atom. The van der Waals surface area contributed by atoms with E-state index in [9.17, 15) is 9.59 Å². The fraction of sp³-hybridized carbons (Fsp3) is 0.115. The van der Waals surface area contributed by atoms with Crippen molar-refractivity contribution in [3.05, 3.63) is 102 Å². The molecule has 0 aliphatic rings. The van der Waals surface area contributed by atoms with Crippen LogP contribution in [0.3, 0.4) is 0 Å². The van der Waals surface area contributed by atoms with Gasteiger partial charge in [0.25, 0.3) is 11.8 Å². The number of nitrogens with one attached hydrogen (secondary N) is 2. The minimum atomic E-state index is -0.293. The van der Waals surface area contributed by atoms with Crippen molar-refractivity contribution in [2.75, 3.05) is 24.9 Å². The number of anilines is 2. The van der Waals surface area contributed by atoms with Gasteiger partial charge in [-0.05, 0) is 54.1 Å². The van der Waals surface area contributed by atoms with Gasteiger partial charge in [-0.1, -0.05) is 24.3 Å². The Bertz CT molecular complexity index is 1280. The van der Waals surface area contributed by atoms with E-state index in [1.54, 1.807) is 62.1 Å². The highest BCUT2D eigenvalue weighted by Gasteiger charge is 2.12. The lowest BCUT2D eigenvalue weighted by atomic mass is 10.1. The molecule has 2 N–H and O–H groups in total. The van der Waals surface area contributed by atoms with Gasteiger partial charge in [0.15, 0.2) is 0 Å². The standard InChI is InChI=1S/C26H24N4O4/c1-33-21-13-11-20(12-14-21)29-26(32)23-16-30(17-27-23)15-18-7-9-19(10-8-18)28-25(31)22-5-3-4-6-24(22)34-2/h3-14,16-17H,15H2,1-2H3,(H,28,31)(H,29,32). The van der Waals surface area contributed by atoms with Crippen LogP contribution in [0, 0.1) is 0 Å². The predicted molar refractivity (Wildman–Crippen MR) is 130 cm³/mol. The molecule has 0 atom stereocenters. The van der Waals surface area contributed by atoms with E-state index >= 15 is 0 Å². The predicted octanol–water partition coefficient (Wildman–Crippen LogP) is 4.45. The smallest absolute Gasteiger partial charge is 0.275 e. The number of imidazole rings is 1. The van der Waals surface area contributed by atoms with Gasteiger partial charge in [-0.25, -0.2) is 4.98 Å². The zero-order valence-corrected chi connectivity index (χ0v) is 18.8. The maximum atomic E-state index is 12.6. The second kappa shape index (κ2) is 10.4. The Hall–Kier alpha value is -4.59. The fourth-order valence-corrected chi connectivity index (χ4v) is 3.37.